The summed E-state index contributed by atoms with van der Waals surface area (Å²) in [6.45, 7) is 5.52. The molecule has 1 aromatic carbocycles. The smallest absolute Gasteiger partial charge is 0.312 e. The molecule has 0 aliphatic heterocycles. The lowest BCUT2D eigenvalue weighted by Gasteiger charge is -2.20. The van der Waals surface area contributed by atoms with Gasteiger partial charge in [-0.05, 0) is 32.4 Å². The van der Waals surface area contributed by atoms with Gasteiger partial charge in [-0.3, -0.25) is 19.6 Å². The van der Waals surface area contributed by atoms with Gasteiger partial charge in [-0.15, -0.1) is 10.2 Å². The van der Waals surface area contributed by atoms with Crippen molar-refractivity contribution in [3.63, 3.8) is 0 Å². The molecule has 2 heterocycles. The van der Waals surface area contributed by atoms with Crippen LogP contribution in [0.2, 0.25) is 5.02 Å². The lowest BCUT2D eigenvalue weighted by Crippen LogP contribution is -2.34. The Morgan fingerprint density at radius 3 is 2.67 bits per heavy atom. The lowest BCUT2D eigenvalue weighted by atomic mass is 10.2. The summed E-state index contributed by atoms with van der Waals surface area (Å²) in [6.07, 6.45) is 0.717. The number of hydrogen-bond acceptors (Lipinski definition) is 7. The minimum Gasteiger partial charge on any atom is -0.419 e. The molecular weight excluding hydrogens is 412 g/mol. The Morgan fingerprint density at radius 2 is 2.03 bits per heavy atom. The van der Waals surface area contributed by atoms with Crippen molar-refractivity contribution < 1.29 is 14.1 Å². The average molecular weight is 433 g/mol. The number of aryl methyl sites for hydroxylation is 1. The predicted octanol–water partition coefficient (Wildman–Crippen LogP) is 3.55. The maximum Gasteiger partial charge on any atom is 0.312 e. The zero-order chi connectivity index (χ0) is 21.8. The second kappa shape index (κ2) is 9.04. The zero-order valence-electron chi connectivity index (χ0n) is 16.8. The largest absolute Gasteiger partial charge is 0.419 e. The van der Waals surface area contributed by atoms with Gasteiger partial charge in [0.25, 0.3) is 0 Å². The van der Waals surface area contributed by atoms with Crippen LogP contribution < -0.4 is 0 Å². The second-order valence-electron chi connectivity index (χ2n) is 6.73. The van der Waals surface area contributed by atoms with Crippen LogP contribution in [-0.2, 0) is 17.9 Å². The second-order valence-corrected chi connectivity index (χ2v) is 7.14. The maximum atomic E-state index is 12.9. The molecule has 11 heteroatoms. The van der Waals surface area contributed by atoms with E-state index >= 15 is 0 Å². The van der Waals surface area contributed by atoms with Crippen molar-refractivity contribution in [2.75, 3.05) is 6.54 Å². The summed E-state index contributed by atoms with van der Waals surface area (Å²) in [5.74, 6) is 0.287. The number of amides is 1. The van der Waals surface area contributed by atoms with Gasteiger partial charge in [0.05, 0.1) is 22.1 Å². The van der Waals surface area contributed by atoms with E-state index in [1.165, 1.54) is 4.68 Å². The van der Waals surface area contributed by atoms with Crippen molar-refractivity contribution in [3.05, 3.63) is 56.7 Å². The highest BCUT2D eigenvalue weighted by Gasteiger charge is 2.25. The first-order valence-electron chi connectivity index (χ1n) is 9.35. The fourth-order valence-electron chi connectivity index (χ4n) is 3.12. The standard InChI is InChI=1S/C19H21ClN6O4/c1-4-9-24(17(27)11-25-13(3)18(26(28)29)12(2)23-25)10-16-21-22-19(30-16)14-7-5-6-8-15(14)20/h5-8H,4,9-11H2,1-3H3. The van der Waals surface area contributed by atoms with Gasteiger partial charge in [0.1, 0.15) is 17.9 Å². The van der Waals surface area contributed by atoms with Gasteiger partial charge in [-0.2, -0.15) is 5.10 Å². The van der Waals surface area contributed by atoms with Crippen LogP contribution in [0.25, 0.3) is 11.5 Å². The topological polar surface area (TPSA) is 120 Å². The Kier molecular flexibility index (Phi) is 6.46. The summed E-state index contributed by atoms with van der Waals surface area (Å²) >= 11 is 6.17. The molecule has 1 amide bonds. The number of carbonyl (C=O) groups is 1. The first-order chi connectivity index (χ1) is 14.3. The number of halogens is 1. The Bertz CT molecular complexity index is 1080. The Labute approximate surface area is 177 Å². The van der Waals surface area contributed by atoms with Crippen LogP contribution in [0.5, 0.6) is 0 Å². The first kappa shape index (κ1) is 21.4. The molecule has 0 fully saturated rings. The molecule has 0 atom stereocenters. The van der Waals surface area contributed by atoms with Crippen molar-refractivity contribution in [3.8, 4) is 11.5 Å². The predicted molar refractivity (Wildman–Crippen MR) is 109 cm³/mol. The average Bonchev–Trinajstić information content (AvgIpc) is 3.26. The minimum atomic E-state index is -0.489. The van der Waals surface area contributed by atoms with Crippen molar-refractivity contribution in [2.24, 2.45) is 0 Å². The molecule has 0 aliphatic carbocycles. The van der Waals surface area contributed by atoms with E-state index in [-0.39, 0.29) is 42.2 Å². The monoisotopic (exact) mass is 432 g/mol. The van der Waals surface area contributed by atoms with Gasteiger partial charge in [-0.25, -0.2) is 0 Å². The van der Waals surface area contributed by atoms with E-state index in [2.05, 4.69) is 15.3 Å². The normalized spacial score (nSPS) is 10.9. The number of rotatable bonds is 8. The van der Waals surface area contributed by atoms with Crippen LogP contribution in [0.1, 0.15) is 30.6 Å². The highest BCUT2D eigenvalue weighted by atomic mass is 35.5. The van der Waals surface area contributed by atoms with Gasteiger partial charge >= 0.3 is 5.69 Å². The molecule has 0 saturated carbocycles. The van der Waals surface area contributed by atoms with E-state index in [0.29, 0.717) is 29.2 Å². The van der Waals surface area contributed by atoms with Crippen molar-refractivity contribution in [1.82, 2.24) is 24.9 Å². The summed E-state index contributed by atoms with van der Waals surface area (Å²) < 4.78 is 7.04. The third-order valence-electron chi connectivity index (χ3n) is 4.55. The number of nitrogens with zero attached hydrogens (tertiary/aromatic N) is 6. The molecule has 30 heavy (non-hydrogen) atoms. The SMILES string of the molecule is CCCN(Cc1nnc(-c2ccccc2Cl)o1)C(=O)Cn1nc(C)c([N+](=O)[O-])c1C. The van der Waals surface area contributed by atoms with Crippen LogP contribution in [0.4, 0.5) is 5.69 Å². The molecular formula is C19H21ClN6O4. The minimum absolute atomic E-state index is 0.0777. The van der Waals surface area contributed by atoms with Gasteiger partial charge in [0, 0.05) is 6.54 Å². The van der Waals surface area contributed by atoms with Gasteiger partial charge in [-0.1, -0.05) is 30.7 Å². The first-order valence-corrected chi connectivity index (χ1v) is 9.73. The summed E-state index contributed by atoms with van der Waals surface area (Å²) in [6, 6.07) is 7.10. The third kappa shape index (κ3) is 4.48. The molecule has 0 N–H and O–H groups in total. The van der Waals surface area contributed by atoms with Gasteiger partial charge < -0.3 is 9.32 Å². The van der Waals surface area contributed by atoms with Crippen LogP contribution in [0.3, 0.4) is 0 Å². The van der Waals surface area contributed by atoms with Crippen LogP contribution in [0.15, 0.2) is 28.7 Å². The molecule has 158 valence electrons. The summed E-state index contributed by atoms with van der Waals surface area (Å²) in [7, 11) is 0. The van der Waals surface area contributed by atoms with Crippen LogP contribution in [-0.4, -0.2) is 42.3 Å². The van der Waals surface area contributed by atoms with Crippen molar-refractivity contribution >= 4 is 23.2 Å². The molecule has 0 unspecified atom stereocenters. The zero-order valence-corrected chi connectivity index (χ0v) is 17.6. The van der Waals surface area contributed by atoms with Crippen LogP contribution >= 0.6 is 11.6 Å². The number of carbonyl (C=O) groups excluding carboxylic acids is 1. The van der Waals surface area contributed by atoms with E-state index < -0.39 is 4.92 Å². The Morgan fingerprint density at radius 1 is 1.30 bits per heavy atom. The molecule has 0 bridgehead atoms. The summed E-state index contributed by atoms with van der Waals surface area (Å²) in [5.41, 5.74) is 1.14. The molecule has 3 aromatic rings. The number of aromatic nitrogens is 4. The van der Waals surface area contributed by atoms with Gasteiger partial charge in [0.2, 0.25) is 17.7 Å². The Balaban J connectivity index is 1.77. The van der Waals surface area contributed by atoms with Crippen molar-refractivity contribution in [2.45, 2.75) is 40.3 Å². The number of hydrogen-bond donors (Lipinski definition) is 0. The third-order valence-corrected chi connectivity index (χ3v) is 4.88. The quantitative estimate of drug-likeness (QED) is 0.394. The number of benzene rings is 1. The van der Waals surface area contributed by atoms with E-state index in [9.17, 15) is 14.9 Å². The van der Waals surface area contributed by atoms with Crippen molar-refractivity contribution in [1.29, 1.82) is 0 Å². The highest BCUT2D eigenvalue weighted by Crippen LogP contribution is 2.26. The summed E-state index contributed by atoms with van der Waals surface area (Å²) in [4.78, 5) is 25.1. The van der Waals surface area contributed by atoms with E-state index in [1.54, 1.807) is 36.9 Å². The van der Waals surface area contributed by atoms with Gasteiger partial charge in [0.15, 0.2) is 0 Å². The summed E-state index contributed by atoms with van der Waals surface area (Å²) in [5, 5.41) is 23.8. The molecule has 10 nitrogen and oxygen atoms in total. The van der Waals surface area contributed by atoms with E-state index in [4.69, 9.17) is 16.0 Å². The molecule has 0 aliphatic rings. The highest BCUT2D eigenvalue weighted by molar-refractivity contribution is 6.33. The fourth-order valence-corrected chi connectivity index (χ4v) is 3.34. The fraction of sp³-hybridized carbons (Fsp3) is 0.368. The number of nitro groups is 1. The molecule has 0 radical (unpaired) electrons. The maximum absolute atomic E-state index is 12.9. The molecule has 3 rings (SSSR count). The lowest BCUT2D eigenvalue weighted by molar-refractivity contribution is -0.386. The van der Waals surface area contributed by atoms with E-state index in [1.807, 2.05) is 13.0 Å². The molecule has 0 spiro atoms. The molecule has 2 aromatic heterocycles. The molecule has 0 saturated heterocycles. The van der Waals surface area contributed by atoms with E-state index in [0.717, 1.165) is 0 Å². The van der Waals surface area contributed by atoms with Crippen LogP contribution in [0, 0.1) is 24.0 Å². The Hall–Kier alpha value is -3.27.